The van der Waals surface area contributed by atoms with E-state index in [-0.39, 0.29) is 5.75 Å². The zero-order valence-electron chi connectivity index (χ0n) is 19.1. The van der Waals surface area contributed by atoms with Gasteiger partial charge in [0.2, 0.25) is 0 Å². The molecule has 0 bridgehead atoms. The third-order valence-electron chi connectivity index (χ3n) is 6.12. The summed E-state index contributed by atoms with van der Waals surface area (Å²) in [4.78, 5) is 19.5. The van der Waals surface area contributed by atoms with Crippen LogP contribution in [0.4, 0.5) is 11.4 Å². The van der Waals surface area contributed by atoms with Crippen LogP contribution < -0.4 is 9.80 Å². The predicted molar refractivity (Wildman–Crippen MR) is 132 cm³/mol. The molecular weight excluding hydrogens is 414 g/mol. The van der Waals surface area contributed by atoms with Crippen molar-refractivity contribution in [3.63, 3.8) is 0 Å². The fourth-order valence-electron chi connectivity index (χ4n) is 4.28. The second-order valence-corrected chi connectivity index (χ2v) is 8.26. The third kappa shape index (κ3) is 5.84. The van der Waals surface area contributed by atoms with Crippen LogP contribution >= 0.6 is 0 Å². The van der Waals surface area contributed by atoms with Gasteiger partial charge in [-0.1, -0.05) is 48.5 Å². The van der Waals surface area contributed by atoms with E-state index in [0.29, 0.717) is 17.8 Å². The van der Waals surface area contributed by atoms with Crippen molar-refractivity contribution >= 4 is 17.3 Å². The number of hydrogen-bond donors (Lipinski definition) is 1. The van der Waals surface area contributed by atoms with E-state index in [1.807, 2.05) is 24.3 Å². The summed E-state index contributed by atoms with van der Waals surface area (Å²) in [5, 5.41) is 10.2. The Morgan fingerprint density at radius 3 is 2.27 bits per heavy atom. The number of phenolic OH excluding ortho intramolecular Hbond substituents is 1. The average Bonchev–Trinajstić information content (AvgIpc) is 2.87. The van der Waals surface area contributed by atoms with Gasteiger partial charge in [-0.25, -0.2) is 4.79 Å². The molecule has 1 aliphatic heterocycles. The minimum atomic E-state index is -0.403. The number of nitrogens with zero attached hydrogens (tertiary/aromatic N) is 3. The topological polar surface area (TPSA) is 56.3 Å². The number of anilines is 2. The van der Waals surface area contributed by atoms with Crippen molar-refractivity contribution in [2.75, 3.05) is 56.2 Å². The van der Waals surface area contributed by atoms with E-state index in [4.69, 9.17) is 4.74 Å². The van der Waals surface area contributed by atoms with E-state index in [0.717, 1.165) is 44.8 Å². The summed E-state index contributed by atoms with van der Waals surface area (Å²) in [6.07, 6.45) is 0. The molecule has 1 N–H and O–H groups in total. The Morgan fingerprint density at radius 2 is 1.61 bits per heavy atom. The van der Waals surface area contributed by atoms with Crippen molar-refractivity contribution < 1.29 is 14.6 Å². The molecule has 0 amide bonds. The maximum Gasteiger partial charge on any atom is 0.339 e. The fraction of sp³-hybridized carbons (Fsp3) is 0.296. The molecule has 3 aromatic carbocycles. The molecule has 1 aliphatic rings. The smallest absolute Gasteiger partial charge is 0.339 e. The van der Waals surface area contributed by atoms with Gasteiger partial charge >= 0.3 is 5.97 Å². The Morgan fingerprint density at radius 1 is 0.939 bits per heavy atom. The SMILES string of the molecule is COC(=O)c1ccc(O)cc1N(CCN1CCN(c2ccccc2)CC1)Cc1ccccc1. The van der Waals surface area contributed by atoms with Gasteiger partial charge in [-0.3, -0.25) is 4.90 Å². The molecule has 6 nitrogen and oxygen atoms in total. The lowest BCUT2D eigenvalue weighted by Crippen LogP contribution is -2.48. The normalized spacial score (nSPS) is 14.2. The number of hydrogen-bond acceptors (Lipinski definition) is 6. The molecule has 33 heavy (non-hydrogen) atoms. The van der Waals surface area contributed by atoms with Crippen LogP contribution in [0.5, 0.6) is 5.75 Å². The van der Waals surface area contributed by atoms with Gasteiger partial charge in [0.05, 0.1) is 18.4 Å². The number of para-hydroxylation sites is 1. The standard InChI is InChI=1S/C27H31N3O3/c1-33-27(32)25-13-12-24(31)20-26(25)30(21-22-8-4-2-5-9-22)19-16-28-14-17-29(18-15-28)23-10-6-3-7-11-23/h2-13,20,31H,14-19,21H2,1H3. The van der Waals surface area contributed by atoms with Gasteiger partial charge in [0.25, 0.3) is 0 Å². The van der Waals surface area contributed by atoms with Crippen molar-refractivity contribution in [3.8, 4) is 5.75 Å². The molecule has 0 saturated carbocycles. The first-order chi connectivity index (χ1) is 16.1. The highest BCUT2D eigenvalue weighted by Crippen LogP contribution is 2.28. The highest BCUT2D eigenvalue weighted by Gasteiger charge is 2.21. The summed E-state index contributed by atoms with van der Waals surface area (Å²) in [5.41, 5.74) is 3.56. The molecule has 0 radical (unpaired) electrons. The molecule has 6 heteroatoms. The Balaban J connectivity index is 1.47. The van der Waals surface area contributed by atoms with Gasteiger partial charge in [0, 0.05) is 57.6 Å². The van der Waals surface area contributed by atoms with Gasteiger partial charge in [-0.05, 0) is 29.8 Å². The van der Waals surface area contributed by atoms with Crippen molar-refractivity contribution in [1.29, 1.82) is 0 Å². The van der Waals surface area contributed by atoms with Gasteiger partial charge < -0.3 is 19.6 Å². The average molecular weight is 446 g/mol. The summed E-state index contributed by atoms with van der Waals surface area (Å²) >= 11 is 0. The first-order valence-electron chi connectivity index (χ1n) is 11.4. The minimum absolute atomic E-state index is 0.132. The number of aromatic hydroxyl groups is 1. The zero-order valence-corrected chi connectivity index (χ0v) is 19.1. The number of benzene rings is 3. The Kier molecular flexibility index (Phi) is 7.47. The lowest BCUT2D eigenvalue weighted by atomic mass is 10.1. The number of ether oxygens (including phenoxy) is 1. The van der Waals surface area contributed by atoms with Gasteiger partial charge in [0.15, 0.2) is 0 Å². The van der Waals surface area contributed by atoms with Crippen LogP contribution in [0.15, 0.2) is 78.9 Å². The summed E-state index contributed by atoms with van der Waals surface area (Å²) in [6.45, 7) is 6.18. The number of carbonyl (C=O) groups is 1. The monoisotopic (exact) mass is 445 g/mol. The molecule has 1 saturated heterocycles. The Labute approximate surface area is 195 Å². The predicted octanol–water partition coefficient (Wildman–Crippen LogP) is 4.01. The molecule has 0 spiro atoms. The first-order valence-corrected chi connectivity index (χ1v) is 11.4. The van der Waals surface area contributed by atoms with Gasteiger partial charge in [0.1, 0.15) is 5.75 Å². The summed E-state index contributed by atoms with van der Waals surface area (Å²) < 4.78 is 5.00. The maximum atomic E-state index is 12.4. The first kappa shape index (κ1) is 22.7. The largest absolute Gasteiger partial charge is 0.508 e. The van der Waals surface area contributed by atoms with Crippen LogP contribution in [-0.2, 0) is 11.3 Å². The molecule has 172 valence electrons. The van der Waals surface area contributed by atoms with E-state index < -0.39 is 5.97 Å². The molecule has 4 rings (SSSR count). The van der Waals surface area contributed by atoms with Crippen molar-refractivity contribution in [2.45, 2.75) is 6.54 Å². The third-order valence-corrected chi connectivity index (χ3v) is 6.12. The second kappa shape index (κ2) is 10.9. The van der Waals surface area contributed by atoms with Crippen LogP contribution in [0, 0.1) is 0 Å². The van der Waals surface area contributed by atoms with Crippen LogP contribution in [0.25, 0.3) is 0 Å². The molecule has 0 unspecified atom stereocenters. The zero-order chi connectivity index (χ0) is 23.0. The molecule has 1 heterocycles. The van der Waals surface area contributed by atoms with Crippen LogP contribution in [0.3, 0.4) is 0 Å². The number of phenols is 1. The van der Waals surface area contributed by atoms with Crippen LogP contribution in [0.1, 0.15) is 15.9 Å². The van der Waals surface area contributed by atoms with E-state index in [9.17, 15) is 9.90 Å². The van der Waals surface area contributed by atoms with Gasteiger partial charge in [-0.15, -0.1) is 0 Å². The van der Waals surface area contributed by atoms with Crippen LogP contribution in [-0.4, -0.2) is 62.4 Å². The van der Waals surface area contributed by atoms with E-state index in [2.05, 4.69) is 51.1 Å². The molecule has 3 aromatic rings. The summed E-state index contributed by atoms with van der Waals surface area (Å²) in [5.74, 6) is -0.272. The lowest BCUT2D eigenvalue weighted by Gasteiger charge is -2.37. The highest BCUT2D eigenvalue weighted by molar-refractivity contribution is 5.96. The fourth-order valence-corrected chi connectivity index (χ4v) is 4.28. The van der Waals surface area contributed by atoms with Gasteiger partial charge in [-0.2, -0.15) is 0 Å². The van der Waals surface area contributed by atoms with E-state index in [1.54, 1.807) is 12.1 Å². The van der Waals surface area contributed by atoms with Crippen molar-refractivity contribution in [2.24, 2.45) is 0 Å². The molecule has 1 fully saturated rings. The quantitative estimate of drug-likeness (QED) is 0.529. The molecule has 0 aliphatic carbocycles. The number of esters is 1. The summed E-state index contributed by atoms with van der Waals surface area (Å²) in [7, 11) is 1.38. The van der Waals surface area contributed by atoms with E-state index >= 15 is 0 Å². The number of piperazine rings is 1. The Bertz CT molecular complexity index is 1030. The van der Waals surface area contributed by atoms with E-state index in [1.165, 1.54) is 18.9 Å². The number of carbonyl (C=O) groups excluding carboxylic acids is 1. The highest BCUT2D eigenvalue weighted by atomic mass is 16.5. The minimum Gasteiger partial charge on any atom is -0.508 e. The number of rotatable bonds is 8. The van der Waals surface area contributed by atoms with Crippen LogP contribution in [0.2, 0.25) is 0 Å². The molecule has 0 atom stereocenters. The maximum absolute atomic E-state index is 12.4. The molecular formula is C27H31N3O3. The summed E-state index contributed by atoms with van der Waals surface area (Å²) in [6, 6.07) is 25.5. The van der Waals surface area contributed by atoms with Crippen molar-refractivity contribution in [1.82, 2.24) is 4.90 Å². The molecule has 0 aromatic heterocycles. The lowest BCUT2D eigenvalue weighted by molar-refractivity contribution is 0.0601. The second-order valence-electron chi connectivity index (χ2n) is 8.26. The number of methoxy groups -OCH3 is 1. The Hall–Kier alpha value is -3.51. The van der Waals surface area contributed by atoms with Crippen molar-refractivity contribution in [3.05, 3.63) is 90.0 Å².